The molecule has 0 saturated carbocycles. The highest BCUT2D eigenvalue weighted by molar-refractivity contribution is 7.99. The Morgan fingerprint density at radius 2 is 1.68 bits per heavy atom. The number of hydrogen-bond acceptors (Lipinski definition) is 8. The number of ether oxygens (including phenoxy) is 1. The molecule has 4 rings (SSSR count). The van der Waals surface area contributed by atoms with Crippen LogP contribution < -0.4 is 10.1 Å². The lowest BCUT2D eigenvalue weighted by Crippen LogP contribution is -2.25. The summed E-state index contributed by atoms with van der Waals surface area (Å²) < 4.78 is 11.6. The van der Waals surface area contributed by atoms with Crippen LogP contribution >= 0.6 is 11.8 Å². The number of aliphatic carboxylic acids is 1. The number of nitrogens with one attached hydrogen (secondary N) is 1. The van der Waals surface area contributed by atoms with Gasteiger partial charge in [0, 0.05) is 16.8 Å². The molecule has 3 N–H and O–H groups in total. The van der Waals surface area contributed by atoms with Crippen molar-refractivity contribution in [3.8, 4) is 11.5 Å². The molecule has 4 aromatic rings. The standard InChI is InChI=1S/C34H41N3O6S/c1-3-5-7-12-23-16-17-28(24(20-23)13-8-6-4-2)42-19-11-18-35-33(41)27-21-29(25-14-9-10-15-26(25)32(27)40)44-34-37-36-30(43-34)22-31(38)39/h9-10,14-17,20-21,40H,3-8,11-13,18-19,22H2,1-2H3,(H,35,41)(H,38,39). The van der Waals surface area contributed by atoms with Gasteiger partial charge in [0.15, 0.2) is 0 Å². The number of amides is 1. The second-order valence-electron chi connectivity index (χ2n) is 10.8. The fourth-order valence-corrected chi connectivity index (χ4v) is 5.85. The molecular formula is C34H41N3O6S. The highest BCUT2D eigenvalue weighted by Crippen LogP contribution is 2.39. The Balaban J connectivity index is 1.38. The summed E-state index contributed by atoms with van der Waals surface area (Å²) in [7, 11) is 0. The van der Waals surface area contributed by atoms with Crippen molar-refractivity contribution in [2.75, 3.05) is 13.2 Å². The molecule has 1 amide bonds. The number of aromatic nitrogens is 2. The van der Waals surface area contributed by atoms with E-state index in [4.69, 9.17) is 14.3 Å². The van der Waals surface area contributed by atoms with Crippen molar-refractivity contribution in [1.82, 2.24) is 15.5 Å². The fourth-order valence-electron chi connectivity index (χ4n) is 4.98. The molecule has 1 aromatic heterocycles. The summed E-state index contributed by atoms with van der Waals surface area (Å²) in [5, 5.41) is 31.9. The molecule has 3 aromatic carbocycles. The van der Waals surface area contributed by atoms with Gasteiger partial charge in [-0.25, -0.2) is 0 Å². The number of carbonyl (C=O) groups excluding carboxylic acids is 1. The minimum absolute atomic E-state index is 0.0146. The predicted molar refractivity (Wildman–Crippen MR) is 171 cm³/mol. The molecule has 0 unspecified atom stereocenters. The summed E-state index contributed by atoms with van der Waals surface area (Å²) in [4.78, 5) is 24.8. The van der Waals surface area contributed by atoms with Gasteiger partial charge < -0.3 is 24.7 Å². The SMILES string of the molecule is CCCCCc1ccc(OCCCNC(=O)c2cc(Sc3nnc(CC(=O)O)o3)c3ccccc3c2O)c(CCCCC)c1. The molecule has 0 bridgehead atoms. The van der Waals surface area contributed by atoms with E-state index in [1.807, 2.05) is 12.1 Å². The maximum atomic E-state index is 13.2. The van der Waals surface area contributed by atoms with Gasteiger partial charge in [0.25, 0.3) is 11.1 Å². The largest absolute Gasteiger partial charge is 0.506 e. The summed E-state index contributed by atoms with van der Waals surface area (Å²) in [6.45, 7) is 5.25. The minimum atomic E-state index is -1.08. The van der Waals surface area contributed by atoms with E-state index >= 15 is 0 Å². The number of aromatic hydroxyl groups is 1. The van der Waals surface area contributed by atoms with Crippen molar-refractivity contribution in [2.45, 2.75) is 88.2 Å². The van der Waals surface area contributed by atoms with Crippen LogP contribution in [0.1, 0.15) is 86.2 Å². The summed E-state index contributed by atoms with van der Waals surface area (Å²) in [5.41, 5.74) is 2.73. The molecule has 0 aliphatic carbocycles. The molecule has 0 fully saturated rings. The van der Waals surface area contributed by atoms with Crippen molar-refractivity contribution < 1.29 is 29.0 Å². The number of carboxylic acids is 1. The van der Waals surface area contributed by atoms with Crippen molar-refractivity contribution in [1.29, 1.82) is 0 Å². The van der Waals surface area contributed by atoms with E-state index in [0.717, 1.165) is 36.8 Å². The Hall–Kier alpha value is -4.05. The second kappa shape index (κ2) is 16.7. The van der Waals surface area contributed by atoms with Gasteiger partial charge in [-0.05, 0) is 72.5 Å². The van der Waals surface area contributed by atoms with Crippen LogP contribution in [0.3, 0.4) is 0 Å². The molecule has 0 aliphatic rings. The van der Waals surface area contributed by atoms with Gasteiger partial charge in [-0.2, -0.15) is 0 Å². The highest BCUT2D eigenvalue weighted by atomic mass is 32.2. The molecule has 9 nitrogen and oxygen atoms in total. The third-order valence-electron chi connectivity index (χ3n) is 7.28. The molecule has 0 atom stereocenters. The molecule has 0 aliphatic heterocycles. The number of phenols is 1. The predicted octanol–water partition coefficient (Wildman–Crippen LogP) is 7.37. The van der Waals surface area contributed by atoms with E-state index < -0.39 is 11.9 Å². The van der Waals surface area contributed by atoms with Crippen LogP contribution in [0, 0.1) is 0 Å². The van der Waals surface area contributed by atoms with Gasteiger partial charge in [-0.1, -0.05) is 75.9 Å². The average Bonchev–Trinajstić information content (AvgIpc) is 3.45. The Bertz CT molecular complexity index is 1550. The highest BCUT2D eigenvalue weighted by Gasteiger charge is 2.20. The first kappa shape index (κ1) is 32.9. The topological polar surface area (TPSA) is 135 Å². The third kappa shape index (κ3) is 9.22. The molecule has 0 radical (unpaired) electrons. The number of phenolic OH excluding ortho intramolecular Hbond substituents is 1. The zero-order valence-electron chi connectivity index (χ0n) is 25.4. The van der Waals surface area contributed by atoms with Gasteiger partial charge in [-0.15, -0.1) is 10.2 Å². The second-order valence-corrected chi connectivity index (χ2v) is 11.8. The molecule has 1 heterocycles. The first-order chi connectivity index (χ1) is 21.4. The van der Waals surface area contributed by atoms with E-state index in [1.54, 1.807) is 18.2 Å². The monoisotopic (exact) mass is 619 g/mol. The Labute approximate surface area is 262 Å². The van der Waals surface area contributed by atoms with Crippen LogP contribution in [-0.4, -0.2) is 45.4 Å². The zero-order valence-corrected chi connectivity index (χ0v) is 26.3. The first-order valence-electron chi connectivity index (χ1n) is 15.4. The minimum Gasteiger partial charge on any atom is -0.506 e. The molecule has 44 heavy (non-hydrogen) atoms. The number of carboxylic acid groups (broad SMARTS) is 1. The number of unbranched alkanes of at least 4 members (excludes halogenated alkanes) is 4. The zero-order chi connectivity index (χ0) is 31.3. The van der Waals surface area contributed by atoms with Gasteiger partial charge in [-0.3, -0.25) is 9.59 Å². The van der Waals surface area contributed by atoms with Gasteiger partial charge in [0.1, 0.15) is 17.9 Å². The number of fused-ring (bicyclic) bond motifs is 1. The van der Waals surface area contributed by atoms with Crippen LogP contribution in [0.4, 0.5) is 0 Å². The Morgan fingerprint density at radius 1 is 0.932 bits per heavy atom. The van der Waals surface area contributed by atoms with Crippen molar-refractivity contribution in [2.24, 2.45) is 0 Å². The normalized spacial score (nSPS) is 11.1. The molecule has 0 spiro atoms. The van der Waals surface area contributed by atoms with E-state index in [2.05, 4.69) is 47.6 Å². The molecule has 0 saturated heterocycles. The van der Waals surface area contributed by atoms with Gasteiger partial charge in [0.05, 0.1) is 12.2 Å². The average molecular weight is 620 g/mol. The lowest BCUT2D eigenvalue weighted by atomic mass is 10.00. The van der Waals surface area contributed by atoms with Crippen LogP contribution in [0.15, 0.2) is 63.1 Å². The van der Waals surface area contributed by atoms with Crippen molar-refractivity contribution in [3.63, 3.8) is 0 Å². The third-order valence-corrected chi connectivity index (χ3v) is 8.18. The summed E-state index contributed by atoms with van der Waals surface area (Å²) >= 11 is 1.10. The van der Waals surface area contributed by atoms with E-state index in [1.165, 1.54) is 43.2 Å². The van der Waals surface area contributed by atoms with E-state index in [9.17, 15) is 14.7 Å². The Morgan fingerprint density at radius 3 is 2.43 bits per heavy atom. The van der Waals surface area contributed by atoms with E-state index in [-0.39, 0.29) is 28.8 Å². The first-order valence-corrected chi connectivity index (χ1v) is 16.2. The molecule has 234 valence electrons. The summed E-state index contributed by atoms with van der Waals surface area (Å²) in [6.07, 6.45) is 9.43. The number of benzene rings is 3. The number of rotatable bonds is 18. The lowest BCUT2D eigenvalue weighted by molar-refractivity contribution is -0.136. The summed E-state index contributed by atoms with van der Waals surface area (Å²) in [6, 6.07) is 15.3. The number of carbonyl (C=O) groups is 2. The fraction of sp³-hybridized carbons (Fsp3) is 0.412. The van der Waals surface area contributed by atoms with Crippen LogP contribution in [-0.2, 0) is 24.1 Å². The smallest absolute Gasteiger partial charge is 0.312 e. The Kier molecular flexibility index (Phi) is 12.5. The quantitative estimate of drug-likeness (QED) is 0.0976. The van der Waals surface area contributed by atoms with E-state index in [0.29, 0.717) is 35.2 Å². The van der Waals surface area contributed by atoms with Crippen LogP contribution in [0.25, 0.3) is 10.8 Å². The maximum Gasteiger partial charge on any atom is 0.312 e. The van der Waals surface area contributed by atoms with Crippen LogP contribution in [0.2, 0.25) is 0 Å². The molecular weight excluding hydrogens is 578 g/mol. The number of nitrogens with zero attached hydrogens (tertiary/aromatic N) is 2. The maximum absolute atomic E-state index is 13.2. The number of hydrogen-bond donors (Lipinski definition) is 3. The molecule has 10 heteroatoms. The summed E-state index contributed by atoms with van der Waals surface area (Å²) in [5.74, 6) is -0.712. The van der Waals surface area contributed by atoms with Crippen molar-refractivity contribution >= 4 is 34.4 Å². The van der Waals surface area contributed by atoms with Crippen molar-refractivity contribution in [3.05, 3.63) is 71.1 Å². The van der Waals surface area contributed by atoms with Gasteiger partial charge in [0.2, 0.25) is 5.89 Å². The van der Waals surface area contributed by atoms with Gasteiger partial charge >= 0.3 is 5.97 Å². The number of aryl methyl sites for hydroxylation is 2. The van der Waals surface area contributed by atoms with Crippen LogP contribution in [0.5, 0.6) is 11.5 Å². The lowest BCUT2D eigenvalue weighted by Gasteiger charge is -2.14.